The van der Waals surface area contributed by atoms with Gasteiger partial charge >= 0.3 is 0 Å². The summed E-state index contributed by atoms with van der Waals surface area (Å²) in [6.07, 6.45) is 1.77. The van der Waals surface area contributed by atoms with E-state index in [-0.39, 0.29) is 23.9 Å². The van der Waals surface area contributed by atoms with E-state index in [0.29, 0.717) is 6.42 Å². The van der Waals surface area contributed by atoms with Crippen molar-refractivity contribution in [2.75, 3.05) is 5.32 Å². The van der Waals surface area contributed by atoms with Gasteiger partial charge in [0.2, 0.25) is 5.91 Å². The van der Waals surface area contributed by atoms with Gasteiger partial charge in [0.25, 0.3) is 5.91 Å². The van der Waals surface area contributed by atoms with Crippen LogP contribution in [-0.2, 0) is 17.8 Å². The zero-order valence-corrected chi connectivity index (χ0v) is 15.3. The van der Waals surface area contributed by atoms with Crippen LogP contribution in [0.2, 0.25) is 0 Å². The maximum Gasteiger partial charge on any atom is 0.290 e. The first-order valence-corrected chi connectivity index (χ1v) is 9.01. The molecule has 2 amide bonds. The van der Waals surface area contributed by atoms with Gasteiger partial charge in [-0.25, -0.2) is 4.39 Å². The molecule has 0 saturated carbocycles. The molecule has 142 valence electrons. The summed E-state index contributed by atoms with van der Waals surface area (Å²) in [5, 5.41) is 2.63. The van der Waals surface area contributed by atoms with Crippen LogP contribution in [0.5, 0.6) is 0 Å². The third-order valence-electron chi connectivity index (χ3n) is 4.93. The van der Waals surface area contributed by atoms with Crippen molar-refractivity contribution in [2.45, 2.75) is 25.9 Å². The van der Waals surface area contributed by atoms with E-state index in [9.17, 15) is 14.0 Å². The van der Waals surface area contributed by atoms with Crippen molar-refractivity contribution in [2.24, 2.45) is 0 Å². The second kappa shape index (κ2) is 7.31. The monoisotopic (exact) mass is 378 g/mol. The van der Waals surface area contributed by atoms with Gasteiger partial charge in [0.15, 0.2) is 5.76 Å². The fraction of sp³-hybridized carbons (Fsp3) is 0.182. The highest BCUT2D eigenvalue weighted by molar-refractivity contribution is 6.00. The summed E-state index contributed by atoms with van der Waals surface area (Å²) in [6.45, 7) is 2.06. The predicted octanol–water partition coefficient (Wildman–Crippen LogP) is 3.93. The summed E-state index contributed by atoms with van der Waals surface area (Å²) < 4.78 is 19.4. The number of benzene rings is 2. The molecule has 2 heterocycles. The Kier molecular flexibility index (Phi) is 4.69. The number of hydrogen-bond donors (Lipinski definition) is 1. The SMILES string of the molecule is Cc1ccc(NC(=O)C2Cc3ccccc3CN2C(=O)c2ccco2)c(F)c1. The van der Waals surface area contributed by atoms with E-state index in [4.69, 9.17) is 4.42 Å². The molecule has 28 heavy (non-hydrogen) atoms. The number of carbonyl (C=O) groups excluding carboxylic acids is 2. The number of nitrogens with one attached hydrogen (secondary N) is 1. The highest BCUT2D eigenvalue weighted by Crippen LogP contribution is 2.26. The zero-order valence-electron chi connectivity index (χ0n) is 15.3. The summed E-state index contributed by atoms with van der Waals surface area (Å²) in [7, 11) is 0. The Labute approximate surface area is 161 Å². The average Bonchev–Trinajstić information content (AvgIpc) is 3.23. The summed E-state index contributed by atoms with van der Waals surface area (Å²) in [5.74, 6) is -1.15. The number of carbonyl (C=O) groups is 2. The Morgan fingerprint density at radius 2 is 1.89 bits per heavy atom. The van der Waals surface area contributed by atoms with Crippen LogP contribution in [0, 0.1) is 12.7 Å². The molecule has 0 bridgehead atoms. The standard InChI is InChI=1S/C22H19FN2O3/c1-14-8-9-18(17(23)11-14)24-21(26)19-12-15-5-2-3-6-16(15)13-25(19)22(27)20-7-4-10-28-20/h2-11,19H,12-13H2,1H3,(H,24,26). The Bertz CT molecular complexity index is 1030. The van der Waals surface area contributed by atoms with Crippen molar-refractivity contribution in [3.63, 3.8) is 0 Å². The Hall–Kier alpha value is -3.41. The van der Waals surface area contributed by atoms with Crippen LogP contribution in [0.25, 0.3) is 0 Å². The number of rotatable bonds is 3. The van der Waals surface area contributed by atoms with E-state index in [2.05, 4.69) is 5.32 Å². The minimum Gasteiger partial charge on any atom is -0.459 e. The van der Waals surface area contributed by atoms with Crippen molar-refractivity contribution >= 4 is 17.5 Å². The van der Waals surface area contributed by atoms with Gasteiger partial charge in [0.1, 0.15) is 11.9 Å². The second-order valence-corrected chi connectivity index (χ2v) is 6.87. The van der Waals surface area contributed by atoms with Gasteiger partial charge in [-0.15, -0.1) is 0 Å². The summed E-state index contributed by atoms with van der Waals surface area (Å²) in [6, 6.07) is 14.7. The van der Waals surface area contributed by atoms with Crippen LogP contribution < -0.4 is 5.32 Å². The molecule has 3 aromatic rings. The fourth-order valence-electron chi connectivity index (χ4n) is 3.45. The molecule has 1 aliphatic heterocycles. The minimum atomic E-state index is -0.770. The number of nitrogens with zero attached hydrogens (tertiary/aromatic N) is 1. The van der Waals surface area contributed by atoms with E-state index in [0.717, 1.165) is 16.7 Å². The lowest BCUT2D eigenvalue weighted by Crippen LogP contribution is -2.50. The summed E-state index contributed by atoms with van der Waals surface area (Å²) in [4.78, 5) is 27.4. The number of halogens is 1. The molecule has 2 aromatic carbocycles. The largest absolute Gasteiger partial charge is 0.459 e. The number of amides is 2. The van der Waals surface area contributed by atoms with Crippen LogP contribution in [0.1, 0.15) is 27.2 Å². The lowest BCUT2D eigenvalue weighted by Gasteiger charge is -2.35. The van der Waals surface area contributed by atoms with Crippen molar-refractivity contribution in [1.82, 2.24) is 4.90 Å². The van der Waals surface area contributed by atoms with E-state index in [1.165, 1.54) is 23.3 Å². The third kappa shape index (κ3) is 3.41. The topological polar surface area (TPSA) is 62.6 Å². The van der Waals surface area contributed by atoms with Crippen LogP contribution in [0.4, 0.5) is 10.1 Å². The number of aryl methyl sites for hydroxylation is 1. The van der Waals surface area contributed by atoms with Gasteiger partial charge in [-0.2, -0.15) is 0 Å². The zero-order chi connectivity index (χ0) is 19.7. The van der Waals surface area contributed by atoms with Crippen molar-refractivity contribution < 1.29 is 18.4 Å². The van der Waals surface area contributed by atoms with Crippen LogP contribution in [0.3, 0.4) is 0 Å². The summed E-state index contributed by atoms with van der Waals surface area (Å²) >= 11 is 0. The molecule has 0 aliphatic carbocycles. The third-order valence-corrected chi connectivity index (χ3v) is 4.93. The molecule has 1 aliphatic rings. The van der Waals surface area contributed by atoms with Crippen LogP contribution >= 0.6 is 0 Å². The molecular formula is C22H19FN2O3. The quantitative estimate of drug-likeness (QED) is 0.751. The fourth-order valence-corrected chi connectivity index (χ4v) is 3.45. The molecule has 1 unspecified atom stereocenters. The van der Waals surface area contributed by atoms with E-state index in [1.807, 2.05) is 24.3 Å². The van der Waals surface area contributed by atoms with Crippen molar-refractivity contribution in [3.8, 4) is 0 Å². The van der Waals surface area contributed by atoms with Gasteiger partial charge in [0.05, 0.1) is 12.0 Å². The second-order valence-electron chi connectivity index (χ2n) is 6.87. The van der Waals surface area contributed by atoms with Gasteiger partial charge < -0.3 is 14.6 Å². The molecule has 1 atom stereocenters. The van der Waals surface area contributed by atoms with Crippen LogP contribution in [0.15, 0.2) is 65.3 Å². The highest BCUT2D eigenvalue weighted by atomic mass is 19.1. The Morgan fingerprint density at radius 1 is 1.11 bits per heavy atom. The summed E-state index contributed by atoms with van der Waals surface area (Å²) in [5.41, 5.74) is 2.83. The average molecular weight is 378 g/mol. The number of anilines is 1. The molecular weight excluding hydrogens is 359 g/mol. The van der Waals surface area contributed by atoms with Gasteiger partial charge in [-0.05, 0) is 47.9 Å². The first kappa shape index (κ1) is 18.0. The molecule has 4 rings (SSSR count). The molecule has 6 heteroatoms. The lowest BCUT2D eigenvalue weighted by molar-refractivity contribution is -0.121. The maximum atomic E-state index is 14.2. The smallest absolute Gasteiger partial charge is 0.290 e. The molecule has 1 N–H and O–H groups in total. The van der Waals surface area contributed by atoms with E-state index >= 15 is 0 Å². The number of hydrogen-bond acceptors (Lipinski definition) is 3. The van der Waals surface area contributed by atoms with Crippen LogP contribution in [-0.4, -0.2) is 22.8 Å². The van der Waals surface area contributed by atoms with Gasteiger partial charge in [-0.3, -0.25) is 9.59 Å². The van der Waals surface area contributed by atoms with Crippen molar-refractivity contribution in [1.29, 1.82) is 0 Å². The molecule has 0 spiro atoms. The van der Waals surface area contributed by atoms with Gasteiger partial charge in [0, 0.05) is 13.0 Å². The highest BCUT2D eigenvalue weighted by Gasteiger charge is 2.36. The van der Waals surface area contributed by atoms with Crippen molar-refractivity contribution in [3.05, 3.63) is 89.1 Å². The minimum absolute atomic E-state index is 0.0971. The lowest BCUT2D eigenvalue weighted by atomic mass is 9.93. The molecule has 5 nitrogen and oxygen atoms in total. The Morgan fingerprint density at radius 3 is 2.61 bits per heavy atom. The molecule has 0 saturated heterocycles. The first-order chi connectivity index (χ1) is 13.5. The number of fused-ring (bicyclic) bond motifs is 1. The number of furan rings is 1. The Balaban J connectivity index is 1.65. The predicted molar refractivity (Wildman–Crippen MR) is 102 cm³/mol. The molecule has 1 aromatic heterocycles. The normalized spacial score (nSPS) is 15.8. The van der Waals surface area contributed by atoms with Gasteiger partial charge in [-0.1, -0.05) is 30.3 Å². The molecule has 0 radical (unpaired) electrons. The molecule has 0 fully saturated rings. The van der Waals surface area contributed by atoms with E-state index in [1.54, 1.807) is 25.1 Å². The first-order valence-electron chi connectivity index (χ1n) is 9.01. The van der Waals surface area contributed by atoms with E-state index < -0.39 is 17.8 Å². The maximum absolute atomic E-state index is 14.2.